The normalized spacial score (nSPS) is 16.6. The van der Waals surface area contributed by atoms with E-state index >= 15 is 0 Å². The molecule has 1 aliphatic carbocycles. The Kier molecular flexibility index (Phi) is 10.3. The number of carbonyl (C=O) groups is 1. The van der Waals surface area contributed by atoms with E-state index in [9.17, 15) is 9.59 Å². The van der Waals surface area contributed by atoms with Crippen LogP contribution < -0.4 is 21.5 Å². The number of methoxy groups -OCH3 is 2. The van der Waals surface area contributed by atoms with E-state index in [4.69, 9.17) is 24.7 Å². The number of imidazole rings is 1. The summed E-state index contributed by atoms with van der Waals surface area (Å²) in [4.78, 5) is 35.6. The van der Waals surface area contributed by atoms with E-state index in [0.717, 1.165) is 29.5 Å². The number of fused-ring (bicyclic) bond motifs is 1. The van der Waals surface area contributed by atoms with E-state index in [2.05, 4.69) is 27.2 Å². The fraction of sp³-hybridized carbons (Fsp3) is 0.448. The number of hydrogen-bond acceptors (Lipinski definition) is 10. The average molecular weight is 567 g/mol. The molecule has 0 bridgehead atoms. The van der Waals surface area contributed by atoms with Crippen molar-refractivity contribution in [2.75, 3.05) is 39.7 Å². The summed E-state index contributed by atoms with van der Waals surface area (Å²) in [5.41, 5.74) is 9.37. The minimum absolute atomic E-state index is 0.163. The largest absolute Gasteiger partial charge is 0.469 e. The molecule has 2 heterocycles. The Bertz CT molecular complexity index is 1440. The number of nitrogen functional groups attached to an aromatic ring is 1. The van der Waals surface area contributed by atoms with Gasteiger partial charge in [-0.1, -0.05) is 49.8 Å². The van der Waals surface area contributed by atoms with E-state index in [1.54, 1.807) is 7.11 Å². The van der Waals surface area contributed by atoms with Crippen LogP contribution in [-0.2, 0) is 32.1 Å². The molecule has 0 fully saturated rings. The first-order valence-corrected chi connectivity index (χ1v) is 13.7. The standard InChI is InChI=1S/C29H38N6O6/c1-4-5-14-40-27-33-25(30)24-26(34-27)35(28(37)32-24)19-21-10-8-20(9-11-21)18-31-13-15-41-29(39-3)12-6-7-22(17-29)16-23(36)38-2/h6-11,17,31H,4-5,12-16,18-19H2,1-3H3,(H,32,37)(H2,30,33,34). The van der Waals surface area contributed by atoms with Gasteiger partial charge in [0, 0.05) is 26.6 Å². The van der Waals surface area contributed by atoms with Gasteiger partial charge in [0.25, 0.3) is 0 Å². The number of benzene rings is 1. The number of H-pyrrole nitrogens is 1. The number of aromatic amines is 1. The zero-order valence-corrected chi connectivity index (χ0v) is 23.8. The quantitative estimate of drug-likeness (QED) is 0.142. The lowest BCUT2D eigenvalue weighted by Crippen LogP contribution is -2.36. The molecule has 0 radical (unpaired) electrons. The molecule has 4 rings (SSSR count). The van der Waals surface area contributed by atoms with Gasteiger partial charge >= 0.3 is 17.7 Å². The number of carbonyl (C=O) groups excluding carboxylic acids is 1. The Balaban J connectivity index is 1.30. The first-order valence-electron chi connectivity index (χ1n) is 13.7. The van der Waals surface area contributed by atoms with E-state index in [1.165, 1.54) is 11.7 Å². The molecule has 41 heavy (non-hydrogen) atoms. The zero-order valence-electron chi connectivity index (χ0n) is 23.8. The van der Waals surface area contributed by atoms with Crippen molar-refractivity contribution < 1.29 is 23.7 Å². The summed E-state index contributed by atoms with van der Waals surface area (Å²) >= 11 is 0. The van der Waals surface area contributed by atoms with Crippen molar-refractivity contribution in [3.8, 4) is 6.01 Å². The van der Waals surface area contributed by atoms with Crippen LogP contribution in [0, 0.1) is 0 Å². The number of nitrogens with zero attached hydrogens (tertiary/aromatic N) is 3. The molecule has 2 aromatic heterocycles. The highest BCUT2D eigenvalue weighted by atomic mass is 16.7. The van der Waals surface area contributed by atoms with Crippen LogP contribution in [0.3, 0.4) is 0 Å². The number of nitrogens with two attached hydrogens (primary N) is 1. The first kappa shape index (κ1) is 30.0. The van der Waals surface area contributed by atoms with Crippen molar-refractivity contribution in [3.63, 3.8) is 0 Å². The second-order valence-corrected chi connectivity index (χ2v) is 9.74. The van der Waals surface area contributed by atoms with Crippen LogP contribution >= 0.6 is 0 Å². The SMILES string of the molecule is CCCCOc1nc(N)c2[nH]c(=O)n(Cc3ccc(CNCCOC4(OC)C=C(CC(=O)OC)C=CC4)cc3)c2n1. The average Bonchev–Trinajstić information content (AvgIpc) is 3.29. The van der Waals surface area contributed by atoms with Gasteiger partial charge in [-0.3, -0.25) is 9.36 Å². The maximum atomic E-state index is 12.7. The van der Waals surface area contributed by atoms with Crippen LogP contribution in [0.1, 0.15) is 43.7 Å². The molecule has 0 saturated heterocycles. The van der Waals surface area contributed by atoms with Crippen LogP contribution in [-0.4, -0.2) is 65.3 Å². The molecular weight excluding hydrogens is 528 g/mol. The molecule has 0 aliphatic heterocycles. The number of allylic oxidation sites excluding steroid dienone is 1. The Labute approximate surface area is 238 Å². The van der Waals surface area contributed by atoms with Gasteiger partial charge in [-0.05, 0) is 29.2 Å². The summed E-state index contributed by atoms with van der Waals surface area (Å²) in [6, 6.07) is 8.13. The highest BCUT2D eigenvalue weighted by Crippen LogP contribution is 2.27. The predicted octanol–water partition coefficient (Wildman–Crippen LogP) is 2.83. The van der Waals surface area contributed by atoms with Crippen LogP contribution in [0.5, 0.6) is 6.01 Å². The second kappa shape index (κ2) is 14.1. The molecule has 1 aromatic carbocycles. The molecule has 220 valence electrons. The third kappa shape index (κ3) is 7.81. The van der Waals surface area contributed by atoms with Crippen molar-refractivity contribution in [2.45, 2.75) is 51.5 Å². The van der Waals surface area contributed by atoms with E-state index in [1.807, 2.05) is 42.5 Å². The summed E-state index contributed by atoms with van der Waals surface area (Å²) in [5, 5.41) is 3.37. The number of unbranched alkanes of at least 4 members (excludes halogenated alkanes) is 1. The third-order valence-electron chi connectivity index (χ3n) is 6.74. The highest BCUT2D eigenvalue weighted by Gasteiger charge is 2.30. The minimum Gasteiger partial charge on any atom is -0.469 e. The number of esters is 1. The van der Waals surface area contributed by atoms with E-state index in [0.29, 0.717) is 50.4 Å². The molecule has 1 unspecified atom stereocenters. The van der Waals surface area contributed by atoms with Gasteiger partial charge in [0.2, 0.25) is 0 Å². The number of nitrogens with one attached hydrogen (secondary N) is 2. The molecule has 12 heteroatoms. The monoisotopic (exact) mass is 566 g/mol. The second-order valence-electron chi connectivity index (χ2n) is 9.74. The first-order chi connectivity index (χ1) is 19.9. The molecule has 0 saturated carbocycles. The molecule has 0 spiro atoms. The fourth-order valence-electron chi connectivity index (χ4n) is 4.44. The van der Waals surface area contributed by atoms with Crippen LogP contribution in [0.2, 0.25) is 0 Å². The van der Waals surface area contributed by atoms with Crippen molar-refractivity contribution in [1.29, 1.82) is 0 Å². The van der Waals surface area contributed by atoms with Gasteiger partial charge in [-0.25, -0.2) is 4.79 Å². The van der Waals surface area contributed by atoms with Crippen molar-refractivity contribution in [1.82, 2.24) is 24.8 Å². The maximum Gasteiger partial charge on any atom is 0.328 e. The molecular formula is C29H38N6O6. The van der Waals surface area contributed by atoms with Gasteiger partial charge in [-0.15, -0.1) is 0 Å². The lowest BCUT2D eigenvalue weighted by atomic mass is 9.99. The van der Waals surface area contributed by atoms with Gasteiger partial charge in [0.15, 0.2) is 17.3 Å². The topological polar surface area (TPSA) is 156 Å². The summed E-state index contributed by atoms with van der Waals surface area (Å²) in [5.74, 6) is -1.04. The van der Waals surface area contributed by atoms with Gasteiger partial charge in [-0.2, -0.15) is 9.97 Å². The minimum atomic E-state index is -0.903. The molecule has 0 amide bonds. The lowest BCUT2D eigenvalue weighted by Gasteiger charge is -2.31. The zero-order chi connectivity index (χ0) is 29.2. The van der Waals surface area contributed by atoms with Gasteiger partial charge in [0.1, 0.15) is 5.52 Å². The molecule has 12 nitrogen and oxygen atoms in total. The van der Waals surface area contributed by atoms with Crippen molar-refractivity contribution >= 4 is 23.0 Å². The molecule has 3 aromatic rings. The number of ether oxygens (including phenoxy) is 4. The smallest absolute Gasteiger partial charge is 0.328 e. The van der Waals surface area contributed by atoms with Gasteiger partial charge in [0.05, 0.1) is 33.3 Å². The van der Waals surface area contributed by atoms with Crippen LogP contribution in [0.25, 0.3) is 11.2 Å². The number of hydrogen-bond donors (Lipinski definition) is 3. The summed E-state index contributed by atoms with van der Waals surface area (Å²) < 4.78 is 23.6. The van der Waals surface area contributed by atoms with Crippen LogP contribution in [0.4, 0.5) is 5.82 Å². The van der Waals surface area contributed by atoms with Crippen molar-refractivity contribution in [2.24, 2.45) is 0 Å². The predicted molar refractivity (Wildman–Crippen MR) is 154 cm³/mol. The number of rotatable bonds is 15. The Morgan fingerprint density at radius 3 is 2.68 bits per heavy atom. The summed E-state index contributed by atoms with van der Waals surface area (Å²) in [6.45, 7) is 4.54. The number of anilines is 1. The van der Waals surface area contributed by atoms with E-state index in [-0.39, 0.29) is 29.9 Å². The third-order valence-corrected chi connectivity index (χ3v) is 6.74. The van der Waals surface area contributed by atoms with Gasteiger partial charge < -0.3 is 35.0 Å². The molecule has 1 atom stereocenters. The highest BCUT2D eigenvalue weighted by molar-refractivity contribution is 5.82. The van der Waals surface area contributed by atoms with E-state index < -0.39 is 5.79 Å². The van der Waals surface area contributed by atoms with Crippen molar-refractivity contribution in [3.05, 3.63) is 69.7 Å². The van der Waals surface area contributed by atoms with Crippen LogP contribution in [0.15, 0.2) is 52.9 Å². The Morgan fingerprint density at radius 1 is 1.17 bits per heavy atom. The fourth-order valence-corrected chi connectivity index (χ4v) is 4.44. The lowest BCUT2D eigenvalue weighted by molar-refractivity contribution is -0.185. The number of aromatic nitrogens is 4. The maximum absolute atomic E-state index is 12.7. The summed E-state index contributed by atoms with van der Waals surface area (Å²) in [6.07, 6.45) is 8.24. The molecule has 4 N–H and O–H groups in total. The Hall–Kier alpha value is -4.00. The Morgan fingerprint density at radius 2 is 1.95 bits per heavy atom. The summed E-state index contributed by atoms with van der Waals surface area (Å²) in [7, 11) is 2.96. The molecule has 1 aliphatic rings.